The number of ether oxygens (including phenoxy) is 4. The third kappa shape index (κ3) is 10.6. The largest absolute Gasteiger partial charge is 0.493 e. The van der Waals surface area contributed by atoms with Gasteiger partial charge in [-0.25, -0.2) is 4.98 Å². The molecular formula is C55H58N2O4. The third-order valence-corrected chi connectivity index (χ3v) is 10.4. The molecule has 0 radical (unpaired) electrons. The molecule has 61 heavy (non-hydrogen) atoms. The summed E-state index contributed by atoms with van der Waals surface area (Å²) in [4.78, 5) is 7.62. The summed E-state index contributed by atoms with van der Waals surface area (Å²) < 4.78 is 24.8. The van der Waals surface area contributed by atoms with Crippen LogP contribution in [0.15, 0.2) is 146 Å². The lowest BCUT2D eigenvalue weighted by Gasteiger charge is -2.26. The van der Waals surface area contributed by atoms with E-state index in [2.05, 4.69) is 168 Å². The maximum atomic E-state index is 6.37. The van der Waals surface area contributed by atoms with Gasteiger partial charge in [-0.15, -0.1) is 0 Å². The third-order valence-electron chi connectivity index (χ3n) is 10.4. The smallest absolute Gasteiger partial charge is 0.132 e. The molecule has 0 fully saturated rings. The summed E-state index contributed by atoms with van der Waals surface area (Å²) >= 11 is 0. The Kier molecular flexibility index (Phi) is 14.4. The van der Waals surface area contributed by atoms with Crippen molar-refractivity contribution in [3.63, 3.8) is 0 Å². The summed E-state index contributed by atoms with van der Waals surface area (Å²) in [6, 6.07) is 51.5. The Labute approximate surface area is 362 Å². The second kappa shape index (κ2) is 20.6. The second-order valence-electron chi connectivity index (χ2n) is 15.5. The van der Waals surface area contributed by atoms with Crippen molar-refractivity contribution in [3.8, 4) is 67.8 Å². The van der Waals surface area contributed by atoms with E-state index in [0.29, 0.717) is 26.4 Å². The fraction of sp³-hybridized carbons (Fsp3) is 0.255. The minimum Gasteiger partial charge on any atom is -0.493 e. The van der Waals surface area contributed by atoms with E-state index in [1.807, 2.05) is 24.3 Å². The molecule has 0 aliphatic rings. The zero-order chi connectivity index (χ0) is 42.6. The molecule has 0 atom stereocenters. The topological polar surface area (TPSA) is 53.1 Å². The zero-order valence-corrected chi connectivity index (χ0v) is 36.5. The lowest BCUT2D eigenvalue weighted by molar-refractivity contribution is 0.302. The standard InChI is InChI=1S/C55H58N2O4/c1-7-31-58-48-27-29-50(54(37-48)60-33-9-3)52-35-44(36-53(56-52)51-30-28-49(59-32-8-2)38-55(51)61-34-10-4)43-17-15-41(16-18-43)42-19-25-47(26-20-42)57(45-21-11-39(5)12-22-45)46-23-13-40(6)14-24-46/h11-30,35-38H,7-10,31-34H2,1-6H3. The lowest BCUT2D eigenvalue weighted by atomic mass is 9.97. The number of aryl methyl sites for hydroxylation is 2. The predicted octanol–water partition coefficient (Wildman–Crippen LogP) is 15.0. The van der Waals surface area contributed by atoms with Gasteiger partial charge in [0.25, 0.3) is 0 Å². The summed E-state index contributed by atoms with van der Waals surface area (Å²) in [7, 11) is 0. The van der Waals surface area contributed by atoms with E-state index in [-0.39, 0.29) is 0 Å². The van der Waals surface area contributed by atoms with Gasteiger partial charge in [0.05, 0.1) is 37.8 Å². The number of aromatic nitrogens is 1. The molecule has 0 spiro atoms. The SMILES string of the molecule is CCCOc1ccc(-c2cc(-c3ccc(-c4ccc(N(c5ccc(C)cc5)c5ccc(C)cc5)cc4)cc3)cc(-c3ccc(OCCC)cc3OCCC)n2)c(OCCC)c1. The molecular weight excluding hydrogens is 753 g/mol. The maximum Gasteiger partial charge on any atom is 0.132 e. The Bertz CT molecular complexity index is 2350. The molecule has 1 heterocycles. The van der Waals surface area contributed by atoms with Gasteiger partial charge in [-0.3, -0.25) is 0 Å². The van der Waals surface area contributed by atoms with Gasteiger partial charge in [-0.2, -0.15) is 0 Å². The van der Waals surface area contributed by atoms with Crippen molar-refractivity contribution in [2.24, 2.45) is 0 Å². The van der Waals surface area contributed by atoms with Gasteiger partial charge in [0.15, 0.2) is 0 Å². The first kappa shape index (κ1) is 42.6. The van der Waals surface area contributed by atoms with Gasteiger partial charge < -0.3 is 23.8 Å². The van der Waals surface area contributed by atoms with Crippen molar-refractivity contribution in [2.75, 3.05) is 31.3 Å². The van der Waals surface area contributed by atoms with Crippen LogP contribution in [0.1, 0.15) is 64.5 Å². The van der Waals surface area contributed by atoms with Gasteiger partial charge in [0.1, 0.15) is 23.0 Å². The molecule has 0 bridgehead atoms. The molecule has 0 saturated heterocycles. The molecule has 6 aromatic carbocycles. The Morgan fingerprint density at radius 3 is 1.11 bits per heavy atom. The number of anilines is 3. The number of pyridine rings is 1. The van der Waals surface area contributed by atoms with Gasteiger partial charge in [-0.05, 0) is 135 Å². The number of rotatable bonds is 19. The molecule has 1 aromatic heterocycles. The van der Waals surface area contributed by atoms with Crippen molar-refractivity contribution in [1.82, 2.24) is 4.98 Å². The molecule has 0 aliphatic carbocycles. The van der Waals surface area contributed by atoms with Crippen LogP contribution in [0.25, 0.3) is 44.8 Å². The van der Waals surface area contributed by atoms with E-state index in [1.54, 1.807) is 0 Å². The van der Waals surface area contributed by atoms with E-state index < -0.39 is 0 Å². The van der Waals surface area contributed by atoms with E-state index >= 15 is 0 Å². The van der Waals surface area contributed by atoms with Gasteiger partial charge in [0.2, 0.25) is 0 Å². The van der Waals surface area contributed by atoms with Crippen LogP contribution in [-0.4, -0.2) is 31.4 Å². The van der Waals surface area contributed by atoms with Crippen LogP contribution in [0.3, 0.4) is 0 Å². The van der Waals surface area contributed by atoms with Gasteiger partial charge in [0, 0.05) is 40.3 Å². The first-order valence-electron chi connectivity index (χ1n) is 21.8. The molecule has 0 saturated carbocycles. The molecule has 7 aromatic rings. The molecule has 0 unspecified atom stereocenters. The molecule has 6 heteroatoms. The number of hydrogen-bond donors (Lipinski definition) is 0. The Balaban J connectivity index is 1.27. The Hall–Kier alpha value is -6.53. The van der Waals surface area contributed by atoms with Crippen LogP contribution in [0, 0.1) is 13.8 Å². The summed E-state index contributed by atoms with van der Waals surface area (Å²) in [5.74, 6) is 3.07. The van der Waals surface area contributed by atoms with Crippen molar-refractivity contribution < 1.29 is 18.9 Å². The highest BCUT2D eigenvalue weighted by Crippen LogP contribution is 2.41. The minimum absolute atomic E-state index is 0.587. The first-order valence-corrected chi connectivity index (χ1v) is 21.8. The quantitative estimate of drug-likeness (QED) is 0.0811. The van der Waals surface area contributed by atoms with Crippen LogP contribution >= 0.6 is 0 Å². The van der Waals surface area contributed by atoms with Crippen LogP contribution in [0.2, 0.25) is 0 Å². The second-order valence-corrected chi connectivity index (χ2v) is 15.5. The first-order chi connectivity index (χ1) is 29.9. The molecule has 0 amide bonds. The van der Waals surface area contributed by atoms with Crippen LogP contribution in [0.5, 0.6) is 23.0 Å². The highest BCUT2D eigenvalue weighted by molar-refractivity contribution is 5.83. The minimum atomic E-state index is 0.587. The van der Waals surface area contributed by atoms with Crippen LogP contribution < -0.4 is 23.8 Å². The molecule has 7 rings (SSSR count). The van der Waals surface area contributed by atoms with Gasteiger partial charge >= 0.3 is 0 Å². The van der Waals surface area contributed by atoms with E-state index in [4.69, 9.17) is 23.9 Å². The molecule has 312 valence electrons. The summed E-state index contributed by atoms with van der Waals surface area (Å²) in [6.45, 7) is 15.1. The summed E-state index contributed by atoms with van der Waals surface area (Å²) in [5, 5.41) is 0. The fourth-order valence-corrected chi connectivity index (χ4v) is 7.18. The monoisotopic (exact) mass is 810 g/mol. The van der Waals surface area contributed by atoms with Crippen molar-refractivity contribution >= 4 is 17.1 Å². The Morgan fingerprint density at radius 2 is 0.721 bits per heavy atom. The van der Waals surface area contributed by atoms with E-state index in [9.17, 15) is 0 Å². The average Bonchev–Trinajstić information content (AvgIpc) is 3.30. The summed E-state index contributed by atoms with van der Waals surface area (Å²) in [5.41, 5.74) is 13.6. The normalized spacial score (nSPS) is 11.0. The van der Waals surface area contributed by atoms with E-state index in [0.717, 1.165) is 111 Å². The van der Waals surface area contributed by atoms with Crippen molar-refractivity contribution in [1.29, 1.82) is 0 Å². The molecule has 0 aliphatic heterocycles. The lowest BCUT2D eigenvalue weighted by Crippen LogP contribution is -2.09. The van der Waals surface area contributed by atoms with Crippen molar-refractivity contribution in [2.45, 2.75) is 67.2 Å². The number of benzene rings is 6. The maximum absolute atomic E-state index is 6.37. The zero-order valence-electron chi connectivity index (χ0n) is 36.5. The number of nitrogens with zero attached hydrogens (tertiary/aromatic N) is 2. The van der Waals surface area contributed by atoms with Crippen LogP contribution in [-0.2, 0) is 0 Å². The van der Waals surface area contributed by atoms with Gasteiger partial charge in [-0.1, -0.05) is 99.5 Å². The predicted molar refractivity (Wildman–Crippen MR) is 253 cm³/mol. The van der Waals surface area contributed by atoms with Crippen molar-refractivity contribution in [3.05, 3.63) is 157 Å². The fourth-order valence-electron chi connectivity index (χ4n) is 7.18. The Morgan fingerprint density at radius 1 is 0.377 bits per heavy atom. The highest BCUT2D eigenvalue weighted by Gasteiger charge is 2.18. The summed E-state index contributed by atoms with van der Waals surface area (Å²) in [6.07, 6.45) is 3.62. The number of hydrogen-bond acceptors (Lipinski definition) is 6. The van der Waals surface area contributed by atoms with E-state index in [1.165, 1.54) is 11.1 Å². The molecule has 0 N–H and O–H groups in total. The highest BCUT2D eigenvalue weighted by atomic mass is 16.5. The molecule has 6 nitrogen and oxygen atoms in total. The van der Waals surface area contributed by atoms with Crippen LogP contribution in [0.4, 0.5) is 17.1 Å². The average molecular weight is 811 g/mol.